The van der Waals surface area contributed by atoms with Gasteiger partial charge in [-0.15, -0.1) is 0 Å². The molecule has 4 nitrogen and oxygen atoms in total. The first-order valence-corrected chi connectivity index (χ1v) is 6.72. The fourth-order valence-electron chi connectivity index (χ4n) is 1.97. The Bertz CT molecular complexity index is 528. The number of aromatic nitrogens is 1. The molecule has 1 unspecified atom stereocenters. The second-order valence-electron chi connectivity index (χ2n) is 4.70. The van der Waals surface area contributed by atoms with Crippen LogP contribution in [0.25, 0.3) is 0 Å². The molecule has 1 amide bonds. The van der Waals surface area contributed by atoms with E-state index in [1.165, 1.54) is 0 Å². The monoisotopic (exact) mass is 269 g/mol. The largest absolute Gasteiger partial charge is 0.354 e. The van der Waals surface area contributed by atoms with Crippen molar-refractivity contribution in [2.45, 2.75) is 18.9 Å². The predicted octanol–water partition coefficient (Wildman–Crippen LogP) is 1.31. The molecule has 0 saturated carbocycles. The lowest BCUT2D eigenvalue weighted by atomic mass is 10.1. The molecule has 0 fully saturated rings. The molecular formula is C16H19N3O. The van der Waals surface area contributed by atoms with E-state index in [-0.39, 0.29) is 5.91 Å². The van der Waals surface area contributed by atoms with Crippen molar-refractivity contribution in [2.75, 3.05) is 6.54 Å². The zero-order chi connectivity index (χ0) is 14.2. The van der Waals surface area contributed by atoms with E-state index in [2.05, 4.69) is 10.3 Å². The van der Waals surface area contributed by atoms with Crippen molar-refractivity contribution in [3.8, 4) is 0 Å². The summed E-state index contributed by atoms with van der Waals surface area (Å²) >= 11 is 0. The third kappa shape index (κ3) is 4.48. The Morgan fingerprint density at radius 1 is 1.15 bits per heavy atom. The second kappa shape index (κ2) is 7.40. The Kier molecular flexibility index (Phi) is 5.26. The number of carbonyl (C=O) groups is 1. The maximum Gasteiger partial charge on any atom is 0.237 e. The van der Waals surface area contributed by atoms with Crippen molar-refractivity contribution < 1.29 is 4.79 Å². The highest BCUT2D eigenvalue weighted by Crippen LogP contribution is 2.02. The van der Waals surface area contributed by atoms with Gasteiger partial charge in [-0.05, 0) is 30.0 Å². The summed E-state index contributed by atoms with van der Waals surface area (Å²) in [5.41, 5.74) is 8.08. The van der Waals surface area contributed by atoms with Crippen molar-refractivity contribution in [1.82, 2.24) is 10.3 Å². The molecule has 1 aromatic heterocycles. The molecule has 0 aliphatic carbocycles. The van der Waals surface area contributed by atoms with Gasteiger partial charge in [-0.25, -0.2) is 0 Å². The fourth-order valence-corrected chi connectivity index (χ4v) is 1.97. The highest BCUT2D eigenvalue weighted by atomic mass is 16.2. The molecule has 0 aliphatic rings. The van der Waals surface area contributed by atoms with Gasteiger partial charge in [0.15, 0.2) is 0 Å². The van der Waals surface area contributed by atoms with Crippen LogP contribution in [0.15, 0.2) is 54.9 Å². The molecular weight excluding hydrogens is 250 g/mol. The Hall–Kier alpha value is -2.20. The number of nitrogens with two attached hydrogens (primary N) is 1. The van der Waals surface area contributed by atoms with Crippen LogP contribution in [-0.4, -0.2) is 23.5 Å². The number of rotatable bonds is 6. The van der Waals surface area contributed by atoms with Crippen LogP contribution in [0, 0.1) is 0 Å². The van der Waals surface area contributed by atoms with E-state index in [9.17, 15) is 4.79 Å². The van der Waals surface area contributed by atoms with Gasteiger partial charge in [-0.2, -0.15) is 0 Å². The minimum atomic E-state index is -0.508. The number of nitrogens with one attached hydrogen (secondary N) is 1. The summed E-state index contributed by atoms with van der Waals surface area (Å²) in [4.78, 5) is 15.9. The van der Waals surface area contributed by atoms with E-state index in [4.69, 9.17) is 5.73 Å². The van der Waals surface area contributed by atoms with Gasteiger partial charge in [0.25, 0.3) is 0 Å². The predicted molar refractivity (Wildman–Crippen MR) is 79.1 cm³/mol. The highest BCUT2D eigenvalue weighted by molar-refractivity contribution is 5.81. The van der Waals surface area contributed by atoms with Crippen LogP contribution < -0.4 is 11.1 Å². The van der Waals surface area contributed by atoms with E-state index < -0.39 is 6.04 Å². The van der Waals surface area contributed by atoms with Crippen LogP contribution in [-0.2, 0) is 17.6 Å². The summed E-state index contributed by atoms with van der Waals surface area (Å²) in [5, 5.41) is 2.86. The van der Waals surface area contributed by atoms with Gasteiger partial charge in [0, 0.05) is 18.9 Å². The Morgan fingerprint density at radius 3 is 2.60 bits per heavy atom. The van der Waals surface area contributed by atoms with Crippen LogP contribution in [0.4, 0.5) is 0 Å². The number of benzene rings is 1. The van der Waals surface area contributed by atoms with E-state index >= 15 is 0 Å². The molecule has 4 heteroatoms. The average molecular weight is 269 g/mol. The van der Waals surface area contributed by atoms with Crippen molar-refractivity contribution in [3.05, 3.63) is 66.0 Å². The van der Waals surface area contributed by atoms with E-state index in [1.807, 2.05) is 42.5 Å². The number of pyridine rings is 1. The van der Waals surface area contributed by atoms with Crippen LogP contribution in [0.1, 0.15) is 11.1 Å². The smallest absolute Gasteiger partial charge is 0.237 e. The zero-order valence-electron chi connectivity index (χ0n) is 11.3. The van der Waals surface area contributed by atoms with E-state index in [1.54, 1.807) is 12.4 Å². The Labute approximate surface area is 119 Å². The Balaban J connectivity index is 1.74. The second-order valence-corrected chi connectivity index (χ2v) is 4.70. The summed E-state index contributed by atoms with van der Waals surface area (Å²) in [6.07, 6.45) is 4.85. The number of hydrogen-bond acceptors (Lipinski definition) is 3. The van der Waals surface area contributed by atoms with Gasteiger partial charge in [0.05, 0.1) is 6.04 Å². The van der Waals surface area contributed by atoms with Gasteiger partial charge in [-0.1, -0.05) is 36.4 Å². The number of amides is 1. The summed E-state index contributed by atoms with van der Waals surface area (Å²) < 4.78 is 0. The molecule has 1 heterocycles. The Morgan fingerprint density at radius 2 is 1.90 bits per heavy atom. The standard InChI is InChI=1S/C16H19N3O/c17-15(11-13-5-2-1-3-6-13)16(20)19-10-8-14-7-4-9-18-12-14/h1-7,9,12,15H,8,10-11,17H2,(H,19,20). The first kappa shape index (κ1) is 14.2. The molecule has 0 spiro atoms. The van der Waals surface area contributed by atoms with Crippen molar-refractivity contribution in [2.24, 2.45) is 5.73 Å². The minimum Gasteiger partial charge on any atom is -0.354 e. The summed E-state index contributed by atoms with van der Waals surface area (Å²) in [6.45, 7) is 0.576. The zero-order valence-corrected chi connectivity index (χ0v) is 11.3. The maximum absolute atomic E-state index is 11.9. The molecule has 0 aliphatic heterocycles. The summed E-state index contributed by atoms with van der Waals surface area (Å²) in [5.74, 6) is -0.113. The van der Waals surface area contributed by atoms with Gasteiger partial charge in [-0.3, -0.25) is 9.78 Å². The molecule has 3 N–H and O–H groups in total. The summed E-state index contributed by atoms with van der Waals surface area (Å²) in [6, 6.07) is 13.2. The van der Waals surface area contributed by atoms with E-state index in [0.717, 1.165) is 17.5 Å². The van der Waals surface area contributed by atoms with Gasteiger partial charge >= 0.3 is 0 Å². The molecule has 0 bridgehead atoms. The van der Waals surface area contributed by atoms with Crippen molar-refractivity contribution in [1.29, 1.82) is 0 Å². The highest BCUT2D eigenvalue weighted by Gasteiger charge is 2.13. The number of hydrogen-bond donors (Lipinski definition) is 2. The third-order valence-electron chi connectivity index (χ3n) is 3.07. The molecule has 1 aromatic carbocycles. The fraction of sp³-hybridized carbons (Fsp3) is 0.250. The van der Waals surface area contributed by atoms with Gasteiger partial charge in [0.1, 0.15) is 0 Å². The third-order valence-corrected chi connectivity index (χ3v) is 3.07. The number of carbonyl (C=O) groups excluding carboxylic acids is 1. The number of nitrogens with zero attached hydrogens (tertiary/aromatic N) is 1. The van der Waals surface area contributed by atoms with Crippen LogP contribution in [0.5, 0.6) is 0 Å². The van der Waals surface area contributed by atoms with Crippen LogP contribution >= 0.6 is 0 Å². The lowest BCUT2D eigenvalue weighted by Gasteiger charge is -2.12. The maximum atomic E-state index is 11.9. The molecule has 1 atom stereocenters. The molecule has 2 aromatic rings. The molecule has 2 rings (SSSR count). The van der Waals surface area contributed by atoms with Crippen LogP contribution in [0.3, 0.4) is 0 Å². The van der Waals surface area contributed by atoms with Gasteiger partial charge < -0.3 is 11.1 Å². The first-order chi connectivity index (χ1) is 9.75. The molecule has 0 saturated heterocycles. The lowest BCUT2D eigenvalue weighted by Crippen LogP contribution is -2.42. The van der Waals surface area contributed by atoms with E-state index in [0.29, 0.717) is 13.0 Å². The lowest BCUT2D eigenvalue weighted by molar-refractivity contribution is -0.122. The summed E-state index contributed by atoms with van der Waals surface area (Å²) in [7, 11) is 0. The van der Waals surface area contributed by atoms with Crippen molar-refractivity contribution >= 4 is 5.91 Å². The molecule has 0 radical (unpaired) electrons. The van der Waals surface area contributed by atoms with Gasteiger partial charge in [0.2, 0.25) is 5.91 Å². The quantitative estimate of drug-likeness (QED) is 0.831. The van der Waals surface area contributed by atoms with Crippen molar-refractivity contribution in [3.63, 3.8) is 0 Å². The molecule has 104 valence electrons. The van der Waals surface area contributed by atoms with Crippen LogP contribution in [0.2, 0.25) is 0 Å². The first-order valence-electron chi connectivity index (χ1n) is 6.72. The minimum absolute atomic E-state index is 0.113. The normalized spacial score (nSPS) is 11.8. The topological polar surface area (TPSA) is 68.0 Å². The SMILES string of the molecule is NC(Cc1ccccc1)C(=O)NCCc1cccnc1. The average Bonchev–Trinajstić information content (AvgIpc) is 2.49. The molecule has 20 heavy (non-hydrogen) atoms.